The first kappa shape index (κ1) is 15.8. The summed E-state index contributed by atoms with van der Waals surface area (Å²) in [5.41, 5.74) is 0.644. The van der Waals surface area contributed by atoms with Crippen molar-refractivity contribution in [3.05, 3.63) is 69.5 Å². The zero-order valence-corrected chi connectivity index (χ0v) is 12.3. The van der Waals surface area contributed by atoms with Gasteiger partial charge in [-0.1, -0.05) is 35.3 Å². The van der Waals surface area contributed by atoms with Gasteiger partial charge < -0.3 is 10.4 Å². The molecule has 0 aliphatic heterocycles. The molecule has 2 aromatic carbocycles. The Morgan fingerprint density at radius 1 is 1.24 bits per heavy atom. The van der Waals surface area contributed by atoms with E-state index in [-0.39, 0.29) is 12.1 Å². The van der Waals surface area contributed by atoms with Crippen LogP contribution in [0.15, 0.2) is 42.5 Å². The van der Waals surface area contributed by atoms with Gasteiger partial charge in [0.2, 0.25) is 0 Å². The third kappa shape index (κ3) is 4.17. The molecular weight excluding hydrogens is 316 g/mol. The quantitative estimate of drug-likeness (QED) is 0.901. The standard InChI is InChI=1S/C15H12Cl2FNO2/c16-10-4-5-12(13(17)7-10)14(20)8-19-15(21)9-2-1-3-11(18)6-9/h1-7,14,20H,8H2,(H,19,21). The van der Waals surface area contributed by atoms with E-state index in [1.165, 1.54) is 24.3 Å². The summed E-state index contributed by atoms with van der Waals surface area (Å²) < 4.78 is 13.0. The number of rotatable bonds is 4. The highest BCUT2D eigenvalue weighted by atomic mass is 35.5. The number of amides is 1. The van der Waals surface area contributed by atoms with Crippen LogP contribution < -0.4 is 5.32 Å². The Kier molecular flexibility index (Phi) is 5.17. The largest absolute Gasteiger partial charge is 0.387 e. The fourth-order valence-electron chi connectivity index (χ4n) is 1.80. The summed E-state index contributed by atoms with van der Waals surface area (Å²) in [5, 5.41) is 13.3. The van der Waals surface area contributed by atoms with E-state index in [1.807, 2.05) is 0 Å². The number of nitrogens with one attached hydrogen (secondary N) is 1. The number of carbonyl (C=O) groups is 1. The molecule has 0 heterocycles. The predicted molar refractivity (Wildman–Crippen MR) is 80.2 cm³/mol. The lowest BCUT2D eigenvalue weighted by Gasteiger charge is -2.14. The number of carbonyl (C=O) groups excluding carboxylic acids is 1. The molecule has 0 radical (unpaired) electrons. The van der Waals surface area contributed by atoms with Crippen molar-refractivity contribution in [1.29, 1.82) is 0 Å². The minimum Gasteiger partial charge on any atom is -0.387 e. The summed E-state index contributed by atoms with van der Waals surface area (Å²) in [7, 11) is 0. The van der Waals surface area contributed by atoms with E-state index >= 15 is 0 Å². The third-order valence-electron chi connectivity index (χ3n) is 2.86. The van der Waals surface area contributed by atoms with E-state index in [2.05, 4.69) is 5.32 Å². The molecule has 2 N–H and O–H groups in total. The molecule has 6 heteroatoms. The number of hydrogen-bond acceptors (Lipinski definition) is 2. The van der Waals surface area contributed by atoms with E-state index in [4.69, 9.17) is 23.2 Å². The first-order chi connectivity index (χ1) is 9.97. The first-order valence-electron chi connectivity index (χ1n) is 6.14. The lowest BCUT2D eigenvalue weighted by atomic mass is 10.1. The molecule has 1 amide bonds. The highest BCUT2D eigenvalue weighted by molar-refractivity contribution is 6.35. The van der Waals surface area contributed by atoms with Gasteiger partial charge in [-0.3, -0.25) is 4.79 Å². The Labute approximate surface area is 131 Å². The maximum Gasteiger partial charge on any atom is 0.251 e. The van der Waals surface area contributed by atoms with Crippen LogP contribution in [0.4, 0.5) is 4.39 Å². The Morgan fingerprint density at radius 2 is 2.00 bits per heavy atom. The molecular formula is C15H12Cl2FNO2. The molecule has 0 aliphatic carbocycles. The van der Waals surface area contributed by atoms with Crippen LogP contribution in [0.2, 0.25) is 10.0 Å². The SMILES string of the molecule is O=C(NCC(O)c1ccc(Cl)cc1Cl)c1cccc(F)c1. The van der Waals surface area contributed by atoms with Crippen molar-refractivity contribution in [1.82, 2.24) is 5.32 Å². The maximum atomic E-state index is 13.0. The summed E-state index contributed by atoms with van der Waals surface area (Å²) in [6.07, 6.45) is -0.979. The minimum absolute atomic E-state index is 0.0449. The van der Waals surface area contributed by atoms with Crippen molar-refractivity contribution in [3.63, 3.8) is 0 Å². The second-order valence-electron chi connectivity index (χ2n) is 4.40. The number of aliphatic hydroxyl groups is 1. The van der Waals surface area contributed by atoms with Crippen LogP contribution >= 0.6 is 23.2 Å². The smallest absolute Gasteiger partial charge is 0.251 e. The van der Waals surface area contributed by atoms with E-state index in [1.54, 1.807) is 12.1 Å². The predicted octanol–water partition coefficient (Wildman–Crippen LogP) is 3.60. The fraction of sp³-hybridized carbons (Fsp3) is 0.133. The first-order valence-corrected chi connectivity index (χ1v) is 6.90. The summed E-state index contributed by atoms with van der Waals surface area (Å²) in [4.78, 5) is 11.8. The molecule has 1 atom stereocenters. The van der Waals surface area contributed by atoms with Crippen molar-refractivity contribution in [2.75, 3.05) is 6.54 Å². The second kappa shape index (κ2) is 6.89. The van der Waals surface area contributed by atoms with Crippen molar-refractivity contribution in [2.24, 2.45) is 0 Å². The highest BCUT2D eigenvalue weighted by Gasteiger charge is 2.14. The third-order valence-corrected chi connectivity index (χ3v) is 3.43. The monoisotopic (exact) mass is 327 g/mol. The van der Waals surface area contributed by atoms with Crippen LogP contribution in [0.5, 0.6) is 0 Å². The molecule has 21 heavy (non-hydrogen) atoms. The minimum atomic E-state index is -0.979. The van der Waals surface area contributed by atoms with Crippen LogP contribution in [0, 0.1) is 5.82 Å². The molecule has 2 aromatic rings. The normalized spacial score (nSPS) is 12.0. The van der Waals surface area contributed by atoms with Crippen molar-refractivity contribution < 1.29 is 14.3 Å². The van der Waals surface area contributed by atoms with Crippen molar-refractivity contribution >= 4 is 29.1 Å². The number of benzene rings is 2. The lowest BCUT2D eigenvalue weighted by Crippen LogP contribution is -2.28. The fourth-order valence-corrected chi connectivity index (χ4v) is 2.34. The van der Waals surface area contributed by atoms with Crippen LogP contribution in [0.25, 0.3) is 0 Å². The van der Waals surface area contributed by atoms with Crippen LogP contribution in [-0.4, -0.2) is 17.6 Å². The summed E-state index contributed by atoms with van der Waals surface area (Å²) in [6, 6.07) is 9.99. The highest BCUT2D eigenvalue weighted by Crippen LogP contribution is 2.25. The second-order valence-corrected chi connectivity index (χ2v) is 5.25. The van der Waals surface area contributed by atoms with Crippen molar-refractivity contribution in [3.8, 4) is 0 Å². The van der Waals surface area contributed by atoms with Gasteiger partial charge in [-0.2, -0.15) is 0 Å². The summed E-state index contributed by atoms with van der Waals surface area (Å²) in [6.45, 7) is -0.0449. The molecule has 0 saturated heterocycles. The molecule has 0 aromatic heterocycles. The van der Waals surface area contributed by atoms with Gasteiger partial charge in [0.25, 0.3) is 5.91 Å². The lowest BCUT2D eigenvalue weighted by molar-refractivity contribution is 0.0916. The Hall–Kier alpha value is -1.62. The van der Waals surface area contributed by atoms with Crippen molar-refractivity contribution in [2.45, 2.75) is 6.10 Å². The Balaban J connectivity index is 2.00. The van der Waals surface area contributed by atoms with Gasteiger partial charge in [-0.25, -0.2) is 4.39 Å². The molecule has 1 unspecified atom stereocenters. The topological polar surface area (TPSA) is 49.3 Å². The molecule has 3 nitrogen and oxygen atoms in total. The van der Waals surface area contributed by atoms with Gasteiger partial charge in [0.05, 0.1) is 6.10 Å². The van der Waals surface area contributed by atoms with E-state index in [0.29, 0.717) is 15.6 Å². The molecule has 110 valence electrons. The van der Waals surface area contributed by atoms with Gasteiger partial charge >= 0.3 is 0 Å². The zero-order valence-electron chi connectivity index (χ0n) is 10.8. The van der Waals surface area contributed by atoms with E-state index in [0.717, 1.165) is 6.07 Å². The number of hydrogen-bond donors (Lipinski definition) is 2. The molecule has 0 saturated carbocycles. The van der Waals surface area contributed by atoms with Gasteiger partial charge in [0.15, 0.2) is 0 Å². The number of aliphatic hydroxyl groups excluding tert-OH is 1. The molecule has 0 fully saturated rings. The van der Waals surface area contributed by atoms with Gasteiger partial charge in [-0.15, -0.1) is 0 Å². The summed E-state index contributed by atoms with van der Waals surface area (Å²) in [5.74, 6) is -0.970. The van der Waals surface area contributed by atoms with Crippen LogP contribution in [-0.2, 0) is 0 Å². The van der Waals surface area contributed by atoms with E-state index in [9.17, 15) is 14.3 Å². The maximum absolute atomic E-state index is 13.0. The van der Waals surface area contributed by atoms with Gasteiger partial charge in [0.1, 0.15) is 5.82 Å². The summed E-state index contributed by atoms with van der Waals surface area (Å²) >= 11 is 11.7. The van der Waals surface area contributed by atoms with Crippen LogP contribution in [0.3, 0.4) is 0 Å². The molecule has 0 aliphatic rings. The van der Waals surface area contributed by atoms with Gasteiger partial charge in [0, 0.05) is 27.7 Å². The Bertz CT molecular complexity index is 664. The molecule has 0 bridgehead atoms. The van der Waals surface area contributed by atoms with Gasteiger partial charge in [-0.05, 0) is 30.3 Å². The Morgan fingerprint density at radius 3 is 2.67 bits per heavy atom. The van der Waals surface area contributed by atoms with E-state index < -0.39 is 17.8 Å². The average Bonchev–Trinajstić information content (AvgIpc) is 2.44. The molecule has 0 spiro atoms. The zero-order chi connectivity index (χ0) is 15.4. The molecule has 2 rings (SSSR count). The average molecular weight is 328 g/mol. The number of halogens is 3. The van der Waals surface area contributed by atoms with Crippen LogP contribution in [0.1, 0.15) is 22.0 Å².